The number of aryl methyl sites for hydroxylation is 1. The molecule has 0 aliphatic carbocycles. The summed E-state index contributed by atoms with van der Waals surface area (Å²) >= 11 is 0. The Bertz CT molecular complexity index is 1100. The molecule has 3 aromatic rings. The summed E-state index contributed by atoms with van der Waals surface area (Å²) in [5.74, 6) is 0. The van der Waals surface area contributed by atoms with E-state index in [1.165, 1.54) is 12.1 Å². The van der Waals surface area contributed by atoms with Crippen molar-refractivity contribution in [3.63, 3.8) is 0 Å². The Morgan fingerprint density at radius 2 is 1.04 bits per heavy atom. The molecular formula is C19H19N3O4S2. The van der Waals surface area contributed by atoms with E-state index in [0.717, 1.165) is 0 Å². The first-order valence-corrected chi connectivity index (χ1v) is 11.2. The molecule has 0 fully saturated rings. The highest BCUT2D eigenvalue weighted by Gasteiger charge is 2.26. The van der Waals surface area contributed by atoms with Crippen LogP contribution in [0.4, 0.5) is 17.1 Å². The number of anilines is 3. The van der Waals surface area contributed by atoms with Gasteiger partial charge in [-0.25, -0.2) is 16.8 Å². The molecule has 3 aromatic carbocycles. The van der Waals surface area contributed by atoms with Crippen LogP contribution in [0.25, 0.3) is 0 Å². The van der Waals surface area contributed by atoms with Crippen molar-refractivity contribution < 1.29 is 16.8 Å². The lowest BCUT2D eigenvalue weighted by molar-refractivity contribution is 0.600. The molecule has 28 heavy (non-hydrogen) atoms. The van der Waals surface area contributed by atoms with Crippen LogP contribution in [0.1, 0.15) is 5.56 Å². The second-order valence-electron chi connectivity index (χ2n) is 6.12. The molecule has 3 rings (SSSR count). The molecule has 9 heteroatoms. The Labute approximate surface area is 164 Å². The van der Waals surface area contributed by atoms with Crippen molar-refractivity contribution in [2.75, 3.05) is 15.2 Å². The van der Waals surface area contributed by atoms with Gasteiger partial charge in [-0.2, -0.15) is 0 Å². The molecule has 4 N–H and O–H groups in total. The minimum Gasteiger partial charge on any atom is -0.396 e. The average molecular weight is 418 g/mol. The van der Waals surface area contributed by atoms with Crippen molar-refractivity contribution >= 4 is 37.1 Å². The van der Waals surface area contributed by atoms with E-state index in [2.05, 4.69) is 9.44 Å². The molecule has 0 heterocycles. The lowest BCUT2D eigenvalue weighted by Crippen LogP contribution is -2.19. The largest absolute Gasteiger partial charge is 0.396 e. The van der Waals surface area contributed by atoms with Gasteiger partial charge in [0.2, 0.25) is 0 Å². The van der Waals surface area contributed by atoms with Crippen LogP contribution in [0, 0.1) is 6.92 Å². The molecule has 0 saturated carbocycles. The molecule has 0 saturated heterocycles. The van der Waals surface area contributed by atoms with Crippen LogP contribution < -0.4 is 15.2 Å². The molecule has 0 atom stereocenters. The van der Waals surface area contributed by atoms with Gasteiger partial charge in [0, 0.05) is 11.4 Å². The first-order valence-electron chi connectivity index (χ1n) is 8.25. The molecular weight excluding hydrogens is 398 g/mol. The topological polar surface area (TPSA) is 118 Å². The lowest BCUT2D eigenvalue weighted by atomic mass is 10.2. The Morgan fingerprint density at radius 3 is 1.39 bits per heavy atom. The Kier molecular flexibility index (Phi) is 5.30. The maximum atomic E-state index is 12.8. The van der Waals surface area contributed by atoms with Gasteiger partial charge in [-0.1, -0.05) is 36.4 Å². The van der Waals surface area contributed by atoms with E-state index < -0.39 is 20.0 Å². The number of nitrogens with one attached hydrogen (secondary N) is 2. The molecule has 0 aromatic heterocycles. The first-order chi connectivity index (χ1) is 13.2. The van der Waals surface area contributed by atoms with Gasteiger partial charge in [-0.15, -0.1) is 0 Å². The highest BCUT2D eigenvalue weighted by atomic mass is 32.2. The van der Waals surface area contributed by atoms with Gasteiger partial charge < -0.3 is 5.73 Å². The van der Waals surface area contributed by atoms with Gasteiger partial charge in [0.25, 0.3) is 20.0 Å². The maximum absolute atomic E-state index is 12.8. The van der Waals surface area contributed by atoms with Crippen molar-refractivity contribution in [2.24, 2.45) is 0 Å². The molecule has 0 radical (unpaired) electrons. The monoisotopic (exact) mass is 417 g/mol. The summed E-state index contributed by atoms with van der Waals surface area (Å²) in [6.45, 7) is 1.60. The number of nitrogen functional groups attached to an aromatic ring is 1. The van der Waals surface area contributed by atoms with Crippen molar-refractivity contribution in [1.82, 2.24) is 0 Å². The van der Waals surface area contributed by atoms with Crippen LogP contribution in [-0.2, 0) is 20.0 Å². The molecule has 0 spiro atoms. The van der Waals surface area contributed by atoms with Crippen molar-refractivity contribution in [2.45, 2.75) is 16.7 Å². The van der Waals surface area contributed by atoms with Gasteiger partial charge in [-0.3, -0.25) is 9.44 Å². The number of hydrogen-bond donors (Lipinski definition) is 3. The highest BCUT2D eigenvalue weighted by molar-refractivity contribution is 7.93. The maximum Gasteiger partial charge on any atom is 0.263 e. The SMILES string of the molecule is Cc1cc(S(=O)(=O)Nc2ccccc2)c(N)c(S(=O)(=O)Nc2ccccc2)c1. The number of nitrogens with two attached hydrogens (primary N) is 1. The van der Waals surface area contributed by atoms with Gasteiger partial charge in [-0.05, 0) is 48.9 Å². The zero-order valence-electron chi connectivity index (χ0n) is 15.0. The summed E-state index contributed by atoms with van der Waals surface area (Å²) in [4.78, 5) is -0.602. The lowest BCUT2D eigenvalue weighted by Gasteiger charge is -2.15. The van der Waals surface area contributed by atoms with E-state index in [9.17, 15) is 16.8 Å². The van der Waals surface area contributed by atoms with E-state index in [1.54, 1.807) is 67.6 Å². The van der Waals surface area contributed by atoms with E-state index in [-0.39, 0.29) is 15.5 Å². The average Bonchev–Trinajstić information content (AvgIpc) is 2.64. The van der Waals surface area contributed by atoms with E-state index in [1.807, 2.05) is 0 Å². The summed E-state index contributed by atoms with van der Waals surface area (Å²) in [6, 6.07) is 19.2. The van der Waals surface area contributed by atoms with Crippen molar-refractivity contribution in [3.8, 4) is 0 Å². The summed E-state index contributed by atoms with van der Waals surface area (Å²) in [6.07, 6.45) is 0. The van der Waals surface area contributed by atoms with E-state index >= 15 is 0 Å². The zero-order valence-corrected chi connectivity index (χ0v) is 16.6. The van der Waals surface area contributed by atoms with E-state index in [4.69, 9.17) is 5.73 Å². The summed E-state index contributed by atoms with van der Waals surface area (Å²) in [5, 5.41) is 0. The molecule has 0 bridgehead atoms. The third kappa shape index (κ3) is 4.26. The first kappa shape index (κ1) is 19.7. The molecule has 7 nitrogen and oxygen atoms in total. The van der Waals surface area contributed by atoms with Crippen LogP contribution in [0.15, 0.2) is 82.6 Å². The van der Waals surface area contributed by atoms with Crippen LogP contribution in [0.3, 0.4) is 0 Å². The van der Waals surface area contributed by atoms with Gasteiger partial charge in [0.05, 0.1) is 5.69 Å². The van der Waals surface area contributed by atoms with Crippen LogP contribution in [0.2, 0.25) is 0 Å². The third-order valence-corrected chi connectivity index (χ3v) is 6.72. The summed E-state index contributed by atoms with van der Waals surface area (Å²) < 4.78 is 56.0. The predicted octanol–water partition coefficient (Wildman–Crippen LogP) is 3.18. The minimum atomic E-state index is -4.09. The zero-order chi connectivity index (χ0) is 20.4. The fourth-order valence-electron chi connectivity index (χ4n) is 2.61. The Balaban J connectivity index is 2.05. The fraction of sp³-hybridized carbons (Fsp3) is 0.0526. The number of rotatable bonds is 6. The van der Waals surface area contributed by atoms with Crippen molar-refractivity contribution in [3.05, 3.63) is 78.4 Å². The summed E-state index contributed by atoms with van der Waals surface area (Å²) in [5.41, 5.74) is 6.77. The molecule has 0 amide bonds. The minimum absolute atomic E-state index is 0.301. The van der Waals surface area contributed by atoms with Crippen LogP contribution >= 0.6 is 0 Å². The second-order valence-corrected chi connectivity index (χ2v) is 9.42. The molecule has 0 aliphatic heterocycles. The quantitative estimate of drug-likeness (QED) is 0.532. The van der Waals surface area contributed by atoms with Crippen molar-refractivity contribution in [1.29, 1.82) is 0 Å². The highest BCUT2D eigenvalue weighted by Crippen LogP contribution is 2.30. The standard InChI is InChI=1S/C19H19N3O4S2/c1-14-12-17(27(23,24)21-15-8-4-2-5-9-15)19(20)18(13-14)28(25,26)22-16-10-6-3-7-11-16/h2-13,21-22H,20H2,1H3. The smallest absolute Gasteiger partial charge is 0.263 e. The van der Waals surface area contributed by atoms with Crippen LogP contribution in [-0.4, -0.2) is 16.8 Å². The summed E-state index contributed by atoms with van der Waals surface area (Å²) in [7, 11) is -8.18. The van der Waals surface area contributed by atoms with Gasteiger partial charge in [0.1, 0.15) is 9.79 Å². The predicted molar refractivity (Wildman–Crippen MR) is 110 cm³/mol. The Hall–Kier alpha value is -3.04. The number of para-hydroxylation sites is 2. The van der Waals surface area contributed by atoms with Crippen LogP contribution in [0.5, 0.6) is 0 Å². The molecule has 146 valence electrons. The molecule has 0 aliphatic rings. The number of benzene rings is 3. The number of sulfonamides is 2. The third-order valence-electron chi connectivity index (χ3n) is 3.88. The Morgan fingerprint density at radius 1 is 0.679 bits per heavy atom. The normalized spacial score (nSPS) is 11.8. The van der Waals surface area contributed by atoms with E-state index in [0.29, 0.717) is 16.9 Å². The van der Waals surface area contributed by atoms with Gasteiger partial charge in [0.15, 0.2) is 0 Å². The fourth-order valence-corrected chi connectivity index (χ4v) is 5.27. The number of hydrogen-bond acceptors (Lipinski definition) is 5. The molecule has 0 unspecified atom stereocenters. The second kappa shape index (κ2) is 7.53. The van der Waals surface area contributed by atoms with Gasteiger partial charge >= 0.3 is 0 Å².